The normalized spacial score (nSPS) is 11.4. The molecule has 0 saturated heterocycles. The van der Waals surface area contributed by atoms with Crippen LogP contribution in [0.5, 0.6) is 0 Å². The number of imide groups is 1. The molecule has 0 aliphatic heterocycles. The van der Waals surface area contributed by atoms with Gasteiger partial charge in [0.2, 0.25) is 0 Å². The number of H-pyrrole nitrogens is 1. The molecular formula is C13H12Cl3N3O3. The summed E-state index contributed by atoms with van der Waals surface area (Å²) in [4.78, 5) is 29.9. The maximum Gasteiger partial charge on any atom is 0.413 e. The van der Waals surface area contributed by atoms with Gasteiger partial charge in [-0.1, -0.05) is 34.8 Å². The SMILES string of the molecule is O=C(NC(=O)C(Cl)(Cl)Cl)OCCCc1cc2ncccc2[nH]1. The first-order chi connectivity index (χ1) is 10.4. The van der Waals surface area contributed by atoms with Gasteiger partial charge in [0.1, 0.15) is 0 Å². The van der Waals surface area contributed by atoms with Gasteiger partial charge in [0.15, 0.2) is 0 Å². The summed E-state index contributed by atoms with van der Waals surface area (Å²) in [5, 5.41) is 1.83. The third kappa shape index (κ3) is 4.76. The second kappa shape index (κ2) is 7.17. The number of hydrogen-bond donors (Lipinski definition) is 2. The number of aromatic amines is 1. The molecule has 0 radical (unpaired) electrons. The second-order valence-corrected chi connectivity index (χ2v) is 6.70. The quantitative estimate of drug-likeness (QED) is 0.645. The van der Waals surface area contributed by atoms with Crippen LogP contribution < -0.4 is 5.32 Å². The number of alkyl halides is 3. The van der Waals surface area contributed by atoms with E-state index in [0.29, 0.717) is 12.8 Å². The third-order valence-electron chi connectivity index (χ3n) is 2.74. The molecule has 2 amide bonds. The van der Waals surface area contributed by atoms with E-state index in [-0.39, 0.29) is 6.61 Å². The largest absolute Gasteiger partial charge is 0.449 e. The highest BCUT2D eigenvalue weighted by Crippen LogP contribution is 2.25. The number of nitrogens with zero attached hydrogens (tertiary/aromatic N) is 1. The monoisotopic (exact) mass is 363 g/mol. The predicted molar refractivity (Wildman–Crippen MR) is 84.2 cm³/mol. The van der Waals surface area contributed by atoms with Crippen LogP contribution in [0, 0.1) is 0 Å². The fourth-order valence-electron chi connectivity index (χ4n) is 1.77. The molecule has 9 heteroatoms. The number of nitrogens with one attached hydrogen (secondary N) is 2. The van der Waals surface area contributed by atoms with Gasteiger partial charge >= 0.3 is 6.09 Å². The van der Waals surface area contributed by atoms with Crippen molar-refractivity contribution >= 4 is 57.8 Å². The number of carbonyl (C=O) groups excluding carboxylic acids is 2. The van der Waals surface area contributed by atoms with Gasteiger partial charge in [-0.05, 0) is 31.0 Å². The lowest BCUT2D eigenvalue weighted by Gasteiger charge is -2.10. The van der Waals surface area contributed by atoms with Crippen LogP contribution in [0.25, 0.3) is 11.0 Å². The van der Waals surface area contributed by atoms with E-state index in [1.165, 1.54) is 0 Å². The van der Waals surface area contributed by atoms with Gasteiger partial charge in [-0.2, -0.15) is 0 Å². The minimum atomic E-state index is -2.20. The molecule has 0 spiro atoms. The van der Waals surface area contributed by atoms with Gasteiger partial charge < -0.3 is 9.72 Å². The Morgan fingerprint density at radius 3 is 2.82 bits per heavy atom. The minimum absolute atomic E-state index is 0.127. The van der Waals surface area contributed by atoms with Crippen molar-refractivity contribution in [1.82, 2.24) is 15.3 Å². The Balaban J connectivity index is 1.73. The number of aryl methyl sites for hydroxylation is 1. The summed E-state index contributed by atoms with van der Waals surface area (Å²) in [5.41, 5.74) is 2.81. The standard InChI is InChI=1S/C13H12Cl3N3O3/c14-13(15,16)11(20)19-12(21)22-6-2-3-8-7-10-9(18-8)4-1-5-17-10/h1,4-5,7,18H,2-3,6H2,(H,19,20,21). The molecule has 0 aromatic carbocycles. The van der Waals surface area contributed by atoms with E-state index < -0.39 is 15.8 Å². The molecule has 0 saturated carbocycles. The van der Waals surface area contributed by atoms with E-state index in [1.807, 2.05) is 23.5 Å². The van der Waals surface area contributed by atoms with Crippen molar-refractivity contribution < 1.29 is 14.3 Å². The first-order valence-corrected chi connectivity index (χ1v) is 7.47. The molecule has 0 unspecified atom stereocenters. The van der Waals surface area contributed by atoms with Crippen LogP contribution in [-0.2, 0) is 16.0 Å². The summed E-state index contributed by atoms with van der Waals surface area (Å²) in [6.45, 7) is 0.127. The number of rotatable bonds is 4. The molecule has 0 aliphatic rings. The molecule has 0 fully saturated rings. The molecule has 2 N–H and O–H groups in total. The van der Waals surface area contributed by atoms with Crippen molar-refractivity contribution in [2.45, 2.75) is 16.6 Å². The van der Waals surface area contributed by atoms with E-state index in [4.69, 9.17) is 39.5 Å². The second-order valence-electron chi connectivity index (χ2n) is 4.42. The summed E-state index contributed by atoms with van der Waals surface area (Å²) in [5.74, 6) is -1.05. The topological polar surface area (TPSA) is 84.1 Å². The first-order valence-electron chi connectivity index (χ1n) is 6.34. The Kier molecular flexibility index (Phi) is 5.50. The van der Waals surface area contributed by atoms with Crippen LogP contribution in [0.15, 0.2) is 24.4 Å². The molecular weight excluding hydrogens is 353 g/mol. The van der Waals surface area contributed by atoms with E-state index in [1.54, 1.807) is 6.20 Å². The predicted octanol–water partition coefficient (Wildman–Crippen LogP) is 3.12. The van der Waals surface area contributed by atoms with Gasteiger partial charge in [-0.15, -0.1) is 0 Å². The maximum atomic E-state index is 11.3. The maximum absolute atomic E-state index is 11.3. The molecule has 0 atom stereocenters. The zero-order valence-electron chi connectivity index (χ0n) is 11.2. The lowest BCUT2D eigenvalue weighted by Crippen LogP contribution is -2.39. The van der Waals surface area contributed by atoms with E-state index >= 15 is 0 Å². The van der Waals surface area contributed by atoms with Crippen molar-refractivity contribution in [3.63, 3.8) is 0 Å². The average Bonchev–Trinajstić information content (AvgIpc) is 2.85. The Morgan fingerprint density at radius 2 is 2.14 bits per heavy atom. The van der Waals surface area contributed by atoms with Crippen LogP contribution in [0.3, 0.4) is 0 Å². The van der Waals surface area contributed by atoms with Crippen molar-refractivity contribution in [3.8, 4) is 0 Å². The number of alkyl carbamates (subject to hydrolysis) is 1. The third-order valence-corrected chi connectivity index (χ3v) is 3.26. The fourth-order valence-corrected chi connectivity index (χ4v) is 1.92. The summed E-state index contributed by atoms with van der Waals surface area (Å²) in [6.07, 6.45) is 2.01. The van der Waals surface area contributed by atoms with Crippen molar-refractivity contribution in [1.29, 1.82) is 0 Å². The van der Waals surface area contributed by atoms with Crippen LogP contribution in [-0.4, -0.2) is 32.4 Å². The molecule has 2 heterocycles. The van der Waals surface area contributed by atoms with Gasteiger partial charge in [-0.3, -0.25) is 15.1 Å². The zero-order chi connectivity index (χ0) is 16.2. The Labute approximate surface area is 141 Å². The van der Waals surface area contributed by atoms with Crippen LogP contribution in [0.1, 0.15) is 12.1 Å². The minimum Gasteiger partial charge on any atom is -0.449 e. The van der Waals surface area contributed by atoms with E-state index in [2.05, 4.69) is 9.97 Å². The number of carbonyl (C=O) groups is 2. The number of pyridine rings is 1. The summed E-state index contributed by atoms with van der Waals surface area (Å²) < 4.78 is 2.63. The van der Waals surface area contributed by atoms with Crippen LogP contribution in [0.4, 0.5) is 4.79 Å². The van der Waals surface area contributed by atoms with Crippen molar-refractivity contribution in [3.05, 3.63) is 30.1 Å². The molecule has 6 nitrogen and oxygen atoms in total. The number of hydrogen-bond acceptors (Lipinski definition) is 4. The van der Waals surface area contributed by atoms with Crippen molar-refractivity contribution in [2.75, 3.05) is 6.61 Å². The number of halogens is 3. The summed E-state index contributed by atoms with van der Waals surface area (Å²) in [7, 11) is 0. The van der Waals surface area contributed by atoms with Crippen molar-refractivity contribution in [2.24, 2.45) is 0 Å². The fraction of sp³-hybridized carbons (Fsp3) is 0.308. The number of aromatic nitrogens is 2. The summed E-state index contributed by atoms with van der Waals surface area (Å²) in [6, 6.07) is 5.71. The van der Waals surface area contributed by atoms with E-state index in [0.717, 1.165) is 16.7 Å². The molecule has 2 rings (SSSR count). The van der Waals surface area contributed by atoms with Gasteiger partial charge in [-0.25, -0.2) is 4.79 Å². The zero-order valence-corrected chi connectivity index (χ0v) is 13.5. The number of ether oxygens (including phenoxy) is 1. The average molecular weight is 365 g/mol. The van der Waals surface area contributed by atoms with Gasteiger partial charge in [0, 0.05) is 11.9 Å². The van der Waals surface area contributed by atoms with E-state index in [9.17, 15) is 9.59 Å². The first kappa shape index (κ1) is 16.9. The van der Waals surface area contributed by atoms with Gasteiger partial charge in [0.25, 0.3) is 9.70 Å². The lowest BCUT2D eigenvalue weighted by molar-refractivity contribution is -0.119. The Morgan fingerprint density at radius 1 is 1.36 bits per heavy atom. The Bertz CT molecular complexity index is 649. The smallest absolute Gasteiger partial charge is 0.413 e. The van der Waals surface area contributed by atoms with Crippen LogP contribution >= 0.6 is 34.8 Å². The summed E-state index contributed by atoms with van der Waals surface area (Å²) >= 11 is 15.9. The van der Waals surface area contributed by atoms with Crippen LogP contribution in [0.2, 0.25) is 0 Å². The molecule has 2 aromatic heterocycles. The molecule has 0 aliphatic carbocycles. The number of fused-ring (bicyclic) bond motifs is 1. The highest BCUT2D eigenvalue weighted by molar-refractivity contribution is 6.76. The molecule has 118 valence electrons. The lowest BCUT2D eigenvalue weighted by atomic mass is 10.2. The highest BCUT2D eigenvalue weighted by atomic mass is 35.6. The highest BCUT2D eigenvalue weighted by Gasteiger charge is 2.32. The molecule has 22 heavy (non-hydrogen) atoms. The number of amides is 2. The van der Waals surface area contributed by atoms with Gasteiger partial charge in [0.05, 0.1) is 17.6 Å². The molecule has 0 bridgehead atoms. The molecule has 2 aromatic rings. The Hall–Kier alpha value is -1.50.